The van der Waals surface area contributed by atoms with Crippen LogP contribution in [0.1, 0.15) is 28.7 Å². The summed E-state index contributed by atoms with van der Waals surface area (Å²) in [6.45, 7) is 3.53. The van der Waals surface area contributed by atoms with Gasteiger partial charge in [0.05, 0.1) is 5.69 Å². The van der Waals surface area contributed by atoms with Crippen LogP contribution < -0.4 is 5.14 Å². The minimum atomic E-state index is -4.19. The first-order chi connectivity index (χ1) is 16.0. The summed E-state index contributed by atoms with van der Waals surface area (Å²) < 4.78 is 53.0. The van der Waals surface area contributed by atoms with Crippen LogP contribution in [-0.4, -0.2) is 34.3 Å². The number of halogens is 2. The van der Waals surface area contributed by atoms with Crippen LogP contribution in [0.5, 0.6) is 0 Å². The van der Waals surface area contributed by atoms with Gasteiger partial charge in [-0.25, -0.2) is 36.8 Å². The molecule has 3 N–H and O–H groups in total. The van der Waals surface area contributed by atoms with Crippen molar-refractivity contribution in [3.05, 3.63) is 75.3 Å². The second-order valence-electron chi connectivity index (χ2n) is 7.97. The van der Waals surface area contributed by atoms with Gasteiger partial charge in [-0.2, -0.15) is 5.10 Å². The van der Waals surface area contributed by atoms with E-state index in [0.29, 0.717) is 34.1 Å². The number of primary sulfonamides is 1. The number of rotatable bonds is 6. The summed E-state index contributed by atoms with van der Waals surface area (Å²) in [4.78, 5) is 14.8. The molecule has 2 atom stereocenters. The predicted octanol–water partition coefficient (Wildman–Crippen LogP) is 3.98. The van der Waals surface area contributed by atoms with E-state index in [9.17, 15) is 27.1 Å². The first kappa shape index (κ1) is 23.9. The number of aromatic carboxylic acids is 1. The van der Waals surface area contributed by atoms with Gasteiger partial charge in [0.1, 0.15) is 16.5 Å². The molecule has 2 heterocycles. The Morgan fingerprint density at radius 1 is 1.24 bits per heavy atom. The molecule has 3 aromatic rings. The van der Waals surface area contributed by atoms with Crippen molar-refractivity contribution in [2.45, 2.75) is 20.3 Å². The maximum absolute atomic E-state index is 14.6. The van der Waals surface area contributed by atoms with Gasteiger partial charge in [-0.15, -0.1) is 11.3 Å². The zero-order valence-electron chi connectivity index (χ0n) is 18.1. The predicted molar refractivity (Wildman–Crippen MR) is 123 cm³/mol. The Bertz CT molecular complexity index is 1440. The smallest absolute Gasteiger partial charge is 0.355 e. The van der Waals surface area contributed by atoms with E-state index in [-0.39, 0.29) is 11.6 Å². The van der Waals surface area contributed by atoms with Crippen molar-refractivity contribution in [2.24, 2.45) is 17.0 Å². The highest BCUT2D eigenvalue weighted by Gasteiger charge is 2.30. The number of hydrogen-bond acceptors (Lipinski definition) is 6. The number of benzene rings is 1. The van der Waals surface area contributed by atoms with Crippen LogP contribution in [-0.2, 0) is 16.4 Å². The second kappa shape index (κ2) is 8.85. The molecule has 0 saturated heterocycles. The first-order valence-electron chi connectivity index (χ1n) is 10.1. The van der Waals surface area contributed by atoms with E-state index in [1.54, 1.807) is 26.0 Å². The number of sulfonamides is 1. The number of nitrogens with zero attached hydrogens (tertiary/aromatic N) is 3. The zero-order valence-corrected chi connectivity index (χ0v) is 19.7. The second-order valence-corrected chi connectivity index (χ2v) is 10.3. The Morgan fingerprint density at radius 2 is 1.91 bits per heavy atom. The van der Waals surface area contributed by atoms with Crippen LogP contribution in [0, 0.1) is 24.6 Å². The van der Waals surface area contributed by atoms with E-state index in [1.807, 2.05) is 0 Å². The van der Waals surface area contributed by atoms with Crippen LogP contribution in [0.15, 0.2) is 52.5 Å². The van der Waals surface area contributed by atoms with Gasteiger partial charge in [-0.1, -0.05) is 13.0 Å². The van der Waals surface area contributed by atoms with E-state index in [1.165, 1.54) is 34.3 Å². The number of aromatic nitrogens is 3. The Balaban J connectivity index is 1.79. The molecule has 0 amide bonds. The minimum Gasteiger partial charge on any atom is -0.476 e. The molecule has 4 rings (SSSR count). The molecule has 2 aromatic heterocycles. The quantitative estimate of drug-likeness (QED) is 0.521. The molecule has 1 aromatic carbocycles. The number of carboxylic acid groups (broad SMARTS) is 1. The van der Waals surface area contributed by atoms with Crippen LogP contribution >= 0.6 is 11.3 Å². The first-order valence-corrected chi connectivity index (χ1v) is 12.5. The normalized spacial score (nSPS) is 18.5. The molecular formula is C22H20F2N4O4S2. The van der Waals surface area contributed by atoms with Crippen LogP contribution in [0.2, 0.25) is 0 Å². The lowest BCUT2D eigenvalue weighted by Gasteiger charge is -2.24. The summed E-state index contributed by atoms with van der Waals surface area (Å²) in [6.07, 6.45) is 2.83. The minimum absolute atomic E-state index is 0.119. The van der Waals surface area contributed by atoms with Crippen molar-refractivity contribution in [1.82, 2.24) is 14.8 Å². The fourth-order valence-electron chi connectivity index (χ4n) is 3.84. The molecule has 1 aliphatic carbocycles. The van der Waals surface area contributed by atoms with Gasteiger partial charge in [0.2, 0.25) is 15.2 Å². The molecule has 2 unspecified atom stereocenters. The summed E-state index contributed by atoms with van der Waals surface area (Å²) >= 11 is 1.10. The molecule has 0 saturated carbocycles. The van der Waals surface area contributed by atoms with Gasteiger partial charge in [-0.05, 0) is 55.5 Å². The summed E-state index contributed by atoms with van der Waals surface area (Å²) in [7, 11) is -4.19. The van der Waals surface area contributed by atoms with E-state index in [2.05, 4.69) is 10.1 Å². The van der Waals surface area contributed by atoms with Crippen molar-refractivity contribution in [3.8, 4) is 16.4 Å². The summed E-state index contributed by atoms with van der Waals surface area (Å²) in [5.74, 6) is -3.26. The molecule has 12 heteroatoms. The monoisotopic (exact) mass is 506 g/mol. The lowest BCUT2D eigenvalue weighted by molar-refractivity contribution is 0.0691. The highest BCUT2D eigenvalue weighted by molar-refractivity contribution is 7.93. The fourth-order valence-corrected chi connectivity index (χ4v) is 5.38. The number of allylic oxidation sites excluding steroid dienone is 3. The third kappa shape index (κ3) is 4.56. The van der Waals surface area contributed by atoms with Crippen LogP contribution in [0.4, 0.5) is 8.78 Å². The van der Waals surface area contributed by atoms with Crippen molar-refractivity contribution in [3.63, 3.8) is 0 Å². The Hall–Kier alpha value is -3.22. The Kier molecular flexibility index (Phi) is 6.23. The van der Waals surface area contributed by atoms with Gasteiger partial charge in [0.15, 0.2) is 5.69 Å². The highest BCUT2D eigenvalue weighted by atomic mass is 32.2. The number of thiazole rings is 1. The lowest BCUT2D eigenvalue weighted by atomic mass is 9.83. The maximum Gasteiger partial charge on any atom is 0.355 e. The lowest BCUT2D eigenvalue weighted by Crippen LogP contribution is -2.22. The SMILES string of the molecule is Cc1c(CC2C=C(F)C(S(N)(=O)=O)=CC2C)c(-c2ccc(F)cc2)nn1-c1nc(C(=O)O)cs1. The molecular weight excluding hydrogens is 486 g/mol. The van der Waals surface area contributed by atoms with Gasteiger partial charge in [0, 0.05) is 22.2 Å². The van der Waals surface area contributed by atoms with Crippen molar-refractivity contribution in [2.75, 3.05) is 0 Å². The molecule has 8 nitrogen and oxygen atoms in total. The zero-order chi connectivity index (χ0) is 24.8. The third-order valence-corrected chi connectivity index (χ3v) is 7.44. The van der Waals surface area contributed by atoms with E-state index in [0.717, 1.165) is 11.3 Å². The Labute approximate surface area is 198 Å². The van der Waals surface area contributed by atoms with E-state index < -0.39 is 38.5 Å². The summed E-state index contributed by atoms with van der Waals surface area (Å²) in [5.41, 5.74) is 2.36. The van der Waals surface area contributed by atoms with E-state index >= 15 is 0 Å². The topological polar surface area (TPSA) is 128 Å². The number of nitrogens with two attached hydrogens (primary N) is 1. The molecule has 0 spiro atoms. The Morgan fingerprint density at radius 3 is 2.50 bits per heavy atom. The molecule has 34 heavy (non-hydrogen) atoms. The fraction of sp³-hybridized carbons (Fsp3) is 0.227. The van der Waals surface area contributed by atoms with Gasteiger partial charge < -0.3 is 5.11 Å². The number of hydrogen-bond donors (Lipinski definition) is 2. The molecule has 0 bridgehead atoms. The van der Waals surface area contributed by atoms with Gasteiger partial charge in [-0.3, -0.25) is 0 Å². The number of carbonyl (C=O) groups is 1. The van der Waals surface area contributed by atoms with Gasteiger partial charge >= 0.3 is 5.97 Å². The number of carboxylic acids is 1. The molecule has 0 aliphatic heterocycles. The average Bonchev–Trinajstić information content (AvgIpc) is 3.36. The molecule has 1 aliphatic rings. The maximum atomic E-state index is 14.6. The highest BCUT2D eigenvalue weighted by Crippen LogP contribution is 2.36. The van der Waals surface area contributed by atoms with Crippen LogP contribution in [0.3, 0.4) is 0 Å². The van der Waals surface area contributed by atoms with Crippen molar-refractivity contribution in [1.29, 1.82) is 0 Å². The summed E-state index contributed by atoms with van der Waals surface area (Å²) in [6, 6.07) is 5.72. The average molecular weight is 507 g/mol. The standard InChI is InChI=1S/C22H20F2N4O4S2/c1-11-7-19(34(25,31)32)17(24)9-14(11)8-16-12(2)28(22-26-18(10-33-22)21(29)30)27-20(16)13-3-5-15(23)6-4-13/h3-7,9-11,14H,8H2,1-2H3,(H,29,30)(H2,25,31,32). The molecule has 0 fully saturated rings. The molecule has 178 valence electrons. The molecule has 0 radical (unpaired) electrons. The summed E-state index contributed by atoms with van der Waals surface area (Å²) in [5, 5.41) is 20.7. The van der Waals surface area contributed by atoms with Crippen LogP contribution in [0.25, 0.3) is 16.4 Å². The van der Waals surface area contributed by atoms with E-state index in [4.69, 9.17) is 5.14 Å². The van der Waals surface area contributed by atoms with Crippen molar-refractivity contribution < 1.29 is 27.1 Å². The third-order valence-electron chi connectivity index (χ3n) is 5.68. The van der Waals surface area contributed by atoms with Crippen molar-refractivity contribution >= 4 is 27.3 Å². The largest absolute Gasteiger partial charge is 0.476 e. The van der Waals surface area contributed by atoms with Gasteiger partial charge in [0.25, 0.3) is 0 Å².